The topological polar surface area (TPSA) is 56.8 Å². The highest BCUT2D eigenvalue weighted by Gasteiger charge is 2.10. The van der Waals surface area contributed by atoms with Gasteiger partial charge in [0.15, 0.2) is 0 Å². The summed E-state index contributed by atoms with van der Waals surface area (Å²) in [6.45, 7) is 0.385. The monoisotopic (exact) mass is 369 g/mol. The fourth-order valence-electron chi connectivity index (χ4n) is 2.32. The van der Waals surface area contributed by atoms with Gasteiger partial charge >= 0.3 is 0 Å². The Morgan fingerprint density at radius 3 is 2.42 bits per heavy atom. The third-order valence-corrected chi connectivity index (χ3v) is 4.63. The van der Waals surface area contributed by atoms with Crippen LogP contribution in [0.2, 0.25) is 0 Å². The Labute approximate surface area is 156 Å². The van der Waals surface area contributed by atoms with Gasteiger partial charge in [-0.15, -0.1) is 11.3 Å². The molecule has 2 aromatic carbocycles. The SMILES string of the molecule is COc1cccc(NC(=O)c2cc(COc3cccc(OC)c3)cs2)c1. The summed E-state index contributed by atoms with van der Waals surface area (Å²) < 4.78 is 16.1. The lowest BCUT2D eigenvalue weighted by Gasteiger charge is -2.06. The number of benzene rings is 2. The van der Waals surface area contributed by atoms with E-state index in [4.69, 9.17) is 14.2 Å². The first kappa shape index (κ1) is 17.8. The van der Waals surface area contributed by atoms with Crippen LogP contribution in [0.3, 0.4) is 0 Å². The first-order chi connectivity index (χ1) is 12.7. The number of anilines is 1. The summed E-state index contributed by atoms with van der Waals surface area (Å²) in [5, 5.41) is 4.79. The Kier molecular flexibility index (Phi) is 5.76. The number of rotatable bonds is 7. The average Bonchev–Trinajstić information content (AvgIpc) is 3.16. The molecule has 0 unspecified atom stereocenters. The molecule has 1 heterocycles. The van der Waals surface area contributed by atoms with Crippen LogP contribution in [0.25, 0.3) is 0 Å². The minimum atomic E-state index is -0.157. The maximum atomic E-state index is 12.4. The highest BCUT2D eigenvalue weighted by molar-refractivity contribution is 7.12. The van der Waals surface area contributed by atoms with Crippen LogP contribution in [-0.2, 0) is 6.61 Å². The largest absolute Gasteiger partial charge is 0.497 e. The van der Waals surface area contributed by atoms with E-state index in [0.717, 1.165) is 17.1 Å². The molecule has 3 rings (SSSR count). The van der Waals surface area contributed by atoms with Gasteiger partial charge in [-0.3, -0.25) is 4.79 Å². The fraction of sp³-hybridized carbons (Fsp3) is 0.150. The molecule has 3 aromatic rings. The molecule has 0 aliphatic heterocycles. The summed E-state index contributed by atoms with van der Waals surface area (Å²) in [5.74, 6) is 2.00. The van der Waals surface area contributed by atoms with Gasteiger partial charge in [0.25, 0.3) is 5.91 Å². The van der Waals surface area contributed by atoms with Gasteiger partial charge in [-0.1, -0.05) is 12.1 Å². The van der Waals surface area contributed by atoms with Crippen LogP contribution in [0.15, 0.2) is 60.0 Å². The lowest BCUT2D eigenvalue weighted by atomic mass is 10.2. The van der Waals surface area contributed by atoms with Crippen molar-refractivity contribution >= 4 is 22.9 Å². The molecule has 5 nitrogen and oxygen atoms in total. The molecule has 0 atom stereocenters. The van der Waals surface area contributed by atoms with E-state index >= 15 is 0 Å². The van der Waals surface area contributed by atoms with Crippen molar-refractivity contribution in [3.63, 3.8) is 0 Å². The number of hydrogen-bond donors (Lipinski definition) is 1. The molecule has 0 spiro atoms. The van der Waals surface area contributed by atoms with E-state index in [1.54, 1.807) is 20.3 Å². The molecule has 0 aliphatic rings. The standard InChI is InChI=1S/C20H19NO4S/c1-23-16-6-3-5-15(10-16)21-20(22)19-9-14(13-26-19)12-25-18-8-4-7-17(11-18)24-2/h3-11,13H,12H2,1-2H3,(H,21,22). The zero-order valence-electron chi connectivity index (χ0n) is 14.5. The number of carbonyl (C=O) groups excluding carboxylic acids is 1. The Morgan fingerprint density at radius 2 is 1.65 bits per heavy atom. The Balaban J connectivity index is 1.60. The highest BCUT2D eigenvalue weighted by atomic mass is 32.1. The number of ether oxygens (including phenoxy) is 3. The lowest BCUT2D eigenvalue weighted by Crippen LogP contribution is -2.10. The molecule has 0 fully saturated rings. The average molecular weight is 369 g/mol. The maximum Gasteiger partial charge on any atom is 0.265 e. The Hall–Kier alpha value is -2.99. The van der Waals surface area contributed by atoms with E-state index in [1.165, 1.54) is 11.3 Å². The van der Waals surface area contributed by atoms with Gasteiger partial charge in [-0.2, -0.15) is 0 Å². The summed E-state index contributed by atoms with van der Waals surface area (Å²) >= 11 is 1.38. The second-order valence-corrected chi connectivity index (χ2v) is 6.38. The number of nitrogens with one attached hydrogen (secondary N) is 1. The normalized spacial score (nSPS) is 10.2. The van der Waals surface area contributed by atoms with Crippen molar-refractivity contribution in [3.8, 4) is 17.2 Å². The summed E-state index contributed by atoms with van der Waals surface area (Å²) in [7, 11) is 3.21. The molecular formula is C20H19NO4S. The van der Waals surface area contributed by atoms with Gasteiger partial charge in [0.1, 0.15) is 23.9 Å². The third kappa shape index (κ3) is 4.55. The van der Waals surface area contributed by atoms with Gasteiger partial charge in [0, 0.05) is 23.4 Å². The Morgan fingerprint density at radius 1 is 0.962 bits per heavy atom. The molecular weight excluding hydrogens is 350 g/mol. The van der Waals surface area contributed by atoms with E-state index in [2.05, 4.69) is 5.32 Å². The zero-order chi connectivity index (χ0) is 18.4. The molecule has 26 heavy (non-hydrogen) atoms. The number of thiophene rings is 1. The second-order valence-electron chi connectivity index (χ2n) is 5.47. The van der Waals surface area contributed by atoms with Gasteiger partial charge in [0.2, 0.25) is 0 Å². The van der Waals surface area contributed by atoms with Crippen LogP contribution in [0.4, 0.5) is 5.69 Å². The zero-order valence-corrected chi connectivity index (χ0v) is 15.3. The molecule has 134 valence electrons. The summed E-state index contributed by atoms with van der Waals surface area (Å²) in [6, 6.07) is 16.5. The fourth-order valence-corrected chi connectivity index (χ4v) is 3.11. The molecule has 0 saturated heterocycles. The van der Waals surface area contributed by atoms with Crippen molar-refractivity contribution in [3.05, 3.63) is 70.4 Å². The number of amides is 1. The highest BCUT2D eigenvalue weighted by Crippen LogP contribution is 2.23. The van der Waals surface area contributed by atoms with Crippen LogP contribution in [-0.4, -0.2) is 20.1 Å². The number of methoxy groups -OCH3 is 2. The molecule has 1 N–H and O–H groups in total. The first-order valence-electron chi connectivity index (χ1n) is 7.97. The minimum absolute atomic E-state index is 0.157. The second kappa shape index (κ2) is 8.40. The van der Waals surface area contributed by atoms with Crippen molar-refractivity contribution in [2.75, 3.05) is 19.5 Å². The predicted molar refractivity (Wildman–Crippen MR) is 103 cm³/mol. The quantitative estimate of drug-likeness (QED) is 0.661. The van der Waals surface area contributed by atoms with Crippen LogP contribution in [0, 0.1) is 0 Å². The summed E-state index contributed by atoms with van der Waals surface area (Å²) in [4.78, 5) is 13.0. The molecule has 0 aliphatic carbocycles. The third-order valence-electron chi connectivity index (χ3n) is 3.65. The molecule has 0 bridgehead atoms. The minimum Gasteiger partial charge on any atom is -0.497 e. The molecule has 1 amide bonds. The molecule has 6 heteroatoms. The first-order valence-corrected chi connectivity index (χ1v) is 8.85. The van der Waals surface area contributed by atoms with E-state index in [1.807, 2.05) is 53.9 Å². The van der Waals surface area contributed by atoms with Crippen molar-refractivity contribution in [1.29, 1.82) is 0 Å². The van der Waals surface area contributed by atoms with Crippen molar-refractivity contribution in [1.82, 2.24) is 0 Å². The summed E-state index contributed by atoms with van der Waals surface area (Å²) in [6.07, 6.45) is 0. The number of hydrogen-bond acceptors (Lipinski definition) is 5. The molecule has 1 aromatic heterocycles. The van der Waals surface area contributed by atoms with Crippen LogP contribution < -0.4 is 19.5 Å². The maximum absolute atomic E-state index is 12.4. The number of carbonyl (C=O) groups is 1. The van der Waals surface area contributed by atoms with Gasteiger partial charge in [-0.05, 0) is 35.7 Å². The van der Waals surface area contributed by atoms with E-state index in [-0.39, 0.29) is 5.91 Å². The smallest absolute Gasteiger partial charge is 0.265 e. The van der Waals surface area contributed by atoms with Crippen molar-refractivity contribution in [2.45, 2.75) is 6.61 Å². The van der Waals surface area contributed by atoms with Crippen LogP contribution in [0.1, 0.15) is 15.2 Å². The van der Waals surface area contributed by atoms with Gasteiger partial charge < -0.3 is 19.5 Å². The van der Waals surface area contributed by atoms with E-state index in [9.17, 15) is 4.79 Å². The van der Waals surface area contributed by atoms with E-state index < -0.39 is 0 Å². The van der Waals surface area contributed by atoms with Gasteiger partial charge in [-0.25, -0.2) is 0 Å². The Bertz CT molecular complexity index is 891. The van der Waals surface area contributed by atoms with Crippen molar-refractivity contribution < 1.29 is 19.0 Å². The summed E-state index contributed by atoms with van der Waals surface area (Å²) in [5.41, 5.74) is 1.63. The van der Waals surface area contributed by atoms with Crippen LogP contribution >= 0.6 is 11.3 Å². The lowest BCUT2D eigenvalue weighted by molar-refractivity contribution is 0.103. The van der Waals surface area contributed by atoms with Crippen LogP contribution in [0.5, 0.6) is 17.2 Å². The van der Waals surface area contributed by atoms with Gasteiger partial charge in [0.05, 0.1) is 19.1 Å². The molecule has 0 saturated carbocycles. The molecule has 0 radical (unpaired) electrons. The predicted octanol–water partition coefficient (Wildman–Crippen LogP) is 4.60. The van der Waals surface area contributed by atoms with E-state index in [0.29, 0.717) is 22.9 Å². The van der Waals surface area contributed by atoms with Crippen molar-refractivity contribution in [2.24, 2.45) is 0 Å².